The van der Waals surface area contributed by atoms with Crippen molar-refractivity contribution >= 4 is 72.8 Å². The van der Waals surface area contributed by atoms with Crippen LogP contribution in [0.2, 0.25) is 0 Å². The van der Waals surface area contributed by atoms with Crippen molar-refractivity contribution in [3.63, 3.8) is 0 Å². The quantitative estimate of drug-likeness (QED) is 0.163. The Bertz CT molecular complexity index is 3530. The number of furan rings is 1. The first kappa shape index (κ1) is 34.0. The van der Waals surface area contributed by atoms with Crippen LogP contribution in [0.3, 0.4) is 0 Å². The molecule has 12 rings (SSSR count). The Labute approximate surface area is 347 Å². The average Bonchev–Trinajstić information content (AvgIpc) is 4.02. The van der Waals surface area contributed by atoms with Crippen LogP contribution in [-0.4, -0.2) is 4.57 Å². The number of anilines is 2. The molecule has 3 nitrogen and oxygen atoms in total. The van der Waals surface area contributed by atoms with Gasteiger partial charge in [-0.05, 0) is 129 Å². The van der Waals surface area contributed by atoms with Crippen LogP contribution in [-0.2, 0) is 0 Å². The van der Waals surface area contributed by atoms with E-state index in [1.807, 2.05) is 24.3 Å². The number of allylic oxidation sites excluding steroid dienone is 4. The van der Waals surface area contributed by atoms with E-state index in [1.54, 1.807) is 0 Å². The summed E-state index contributed by atoms with van der Waals surface area (Å²) in [5.74, 6) is 0. The van der Waals surface area contributed by atoms with Gasteiger partial charge in [-0.15, -0.1) is 5.73 Å². The second kappa shape index (κ2) is 13.5. The van der Waals surface area contributed by atoms with Crippen LogP contribution >= 0.6 is 0 Å². The Balaban J connectivity index is 0.938. The summed E-state index contributed by atoms with van der Waals surface area (Å²) in [6.45, 7) is 4.47. The van der Waals surface area contributed by atoms with Gasteiger partial charge in [0.05, 0.1) is 16.7 Å². The molecule has 0 unspecified atom stereocenters. The largest absolute Gasteiger partial charge is 0.455 e. The molecule has 8 aromatic carbocycles. The minimum absolute atomic E-state index is 0.906. The number of aromatic nitrogens is 1. The zero-order valence-corrected chi connectivity index (χ0v) is 32.6. The van der Waals surface area contributed by atoms with E-state index in [2.05, 4.69) is 204 Å². The lowest BCUT2D eigenvalue weighted by Gasteiger charge is -2.26. The summed E-state index contributed by atoms with van der Waals surface area (Å²) in [4.78, 5) is 2.25. The maximum Gasteiger partial charge on any atom is 0.143 e. The molecule has 2 aliphatic rings. The minimum Gasteiger partial charge on any atom is -0.455 e. The SMILES string of the molecule is C=C1/C=C\C=C/N(c2ccc3c(c2)C=C=C3)c2ccc(-c3ccc(-c4ccc5c(c4)c4cc(-c6cccc7c6oc6ccccc67)ccc4n5-c4ccccc4)cc3)cc21. The molecule has 0 saturated carbocycles. The summed E-state index contributed by atoms with van der Waals surface area (Å²) < 4.78 is 8.87. The lowest BCUT2D eigenvalue weighted by molar-refractivity contribution is 0.670. The molecule has 10 aromatic rings. The summed E-state index contributed by atoms with van der Waals surface area (Å²) in [6.07, 6.45) is 12.4. The fraction of sp³-hybridized carbons (Fsp3) is 0. The Morgan fingerprint density at radius 1 is 0.467 bits per heavy atom. The normalized spacial score (nSPS) is 14.2. The van der Waals surface area contributed by atoms with E-state index in [4.69, 9.17) is 4.42 Å². The Morgan fingerprint density at radius 2 is 1.15 bits per heavy atom. The summed E-state index contributed by atoms with van der Waals surface area (Å²) in [5, 5.41) is 4.67. The Morgan fingerprint density at radius 3 is 1.98 bits per heavy atom. The highest BCUT2D eigenvalue weighted by molar-refractivity contribution is 6.14. The third-order valence-electron chi connectivity index (χ3n) is 12.1. The van der Waals surface area contributed by atoms with E-state index < -0.39 is 0 Å². The Hall–Kier alpha value is -8.10. The van der Waals surface area contributed by atoms with Gasteiger partial charge in [-0.2, -0.15) is 0 Å². The van der Waals surface area contributed by atoms with Gasteiger partial charge >= 0.3 is 0 Å². The molecule has 60 heavy (non-hydrogen) atoms. The standard InChI is InChI=1S/C57H36N2O/c1-37-11-7-8-32-58(46-28-24-38-12-9-13-41(38)33-46)53-29-25-42(34-50(37)53)39-20-22-40(23-21-39)43-26-30-54-51(35-43)52-36-44(27-31-55(52)59(54)45-14-3-2-4-15-45)47-17-10-18-49-48-16-5-6-19-56(48)60-57(47)49/h2-8,10-36H,1H2/b11-7-,32-8-. The maximum absolute atomic E-state index is 6.49. The molecule has 0 amide bonds. The number of nitrogens with zero attached hydrogens (tertiary/aromatic N) is 2. The van der Waals surface area contributed by atoms with Crippen LogP contribution in [0.1, 0.15) is 16.7 Å². The third-order valence-corrected chi connectivity index (χ3v) is 12.1. The van der Waals surface area contributed by atoms with Crippen LogP contribution in [0.5, 0.6) is 0 Å². The van der Waals surface area contributed by atoms with Gasteiger partial charge in [-0.3, -0.25) is 0 Å². The van der Waals surface area contributed by atoms with Gasteiger partial charge in [0.25, 0.3) is 0 Å². The number of hydrogen-bond acceptors (Lipinski definition) is 2. The average molecular weight is 765 g/mol. The molecular formula is C57H36N2O. The molecule has 2 aromatic heterocycles. The summed E-state index contributed by atoms with van der Waals surface area (Å²) in [7, 11) is 0. The zero-order chi connectivity index (χ0) is 39.7. The molecule has 0 spiro atoms. The number of rotatable bonds is 5. The van der Waals surface area contributed by atoms with Crippen molar-refractivity contribution in [3.8, 4) is 39.1 Å². The van der Waals surface area contributed by atoms with E-state index in [0.717, 1.165) is 72.4 Å². The van der Waals surface area contributed by atoms with Gasteiger partial charge in [-0.1, -0.05) is 122 Å². The molecule has 0 radical (unpaired) electrons. The first-order valence-corrected chi connectivity index (χ1v) is 20.3. The van der Waals surface area contributed by atoms with Crippen molar-refractivity contribution in [2.75, 3.05) is 4.90 Å². The molecule has 280 valence electrons. The van der Waals surface area contributed by atoms with Crippen molar-refractivity contribution in [2.24, 2.45) is 0 Å². The highest BCUT2D eigenvalue weighted by atomic mass is 16.3. The number of benzene rings is 8. The fourth-order valence-electron chi connectivity index (χ4n) is 9.13. The van der Waals surface area contributed by atoms with E-state index in [1.165, 1.54) is 44.1 Å². The van der Waals surface area contributed by atoms with Gasteiger partial charge in [0, 0.05) is 50.2 Å². The molecule has 0 bridgehead atoms. The summed E-state index contributed by atoms with van der Waals surface area (Å²) in [5.41, 5.74) is 22.0. The fourth-order valence-corrected chi connectivity index (χ4v) is 9.13. The lowest BCUT2D eigenvalue weighted by atomic mass is 9.94. The first-order valence-electron chi connectivity index (χ1n) is 20.3. The van der Waals surface area contributed by atoms with Crippen molar-refractivity contribution in [2.45, 2.75) is 0 Å². The smallest absolute Gasteiger partial charge is 0.143 e. The summed E-state index contributed by atoms with van der Waals surface area (Å²) in [6, 6.07) is 61.3. The van der Waals surface area contributed by atoms with Crippen LogP contribution < -0.4 is 4.90 Å². The molecule has 0 atom stereocenters. The third kappa shape index (κ3) is 5.45. The molecular weight excluding hydrogens is 729 g/mol. The van der Waals surface area contributed by atoms with Gasteiger partial charge in [-0.25, -0.2) is 0 Å². The Kier molecular flexibility index (Phi) is 7.65. The van der Waals surface area contributed by atoms with E-state index >= 15 is 0 Å². The first-order chi connectivity index (χ1) is 29.6. The minimum atomic E-state index is 0.906. The molecule has 1 aliphatic heterocycles. The van der Waals surface area contributed by atoms with E-state index in [-0.39, 0.29) is 0 Å². The van der Waals surface area contributed by atoms with Crippen molar-refractivity contribution < 1.29 is 4.42 Å². The highest BCUT2D eigenvalue weighted by Crippen LogP contribution is 2.42. The second-order valence-corrected chi connectivity index (χ2v) is 15.6. The maximum atomic E-state index is 6.49. The summed E-state index contributed by atoms with van der Waals surface area (Å²) >= 11 is 0. The van der Waals surface area contributed by atoms with Crippen LogP contribution in [0.15, 0.2) is 211 Å². The van der Waals surface area contributed by atoms with Crippen molar-refractivity contribution in [1.82, 2.24) is 4.57 Å². The second-order valence-electron chi connectivity index (χ2n) is 15.6. The van der Waals surface area contributed by atoms with E-state index in [9.17, 15) is 0 Å². The zero-order valence-electron chi connectivity index (χ0n) is 32.6. The molecule has 0 saturated heterocycles. The number of para-hydroxylation sites is 3. The molecule has 0 N–H and O–H groups in total. The van der Waals surface area contributed by atoms with Gasteiger partial charge in [0.2, 0.25) is 0 Å². The van der Waals surface area contributed by atoms with Crippen LogP contribution in [0.4, 0.5) is 11.4 Å². The van der Waals surface area contributed by atoms with Gasteiger partial charge in [0.15, 0.2) is 0 Å². The van der Waals surface area contributed by atoms with Gasteiger partial charge in [0.1, 0.15) is 11.2 Å². The van der Waals surface area contributed by atoms with Crippen molar-refractivity contribution in [1.29, 1.82) is 0 Å². The van der Waals surface area contributed by atoms with E-state index in [0.29, 0.717) is 0 Å². The molecule has 0 fully saturated rings. The predicted octanol–water partition coefficient (Wildman–Crippen LogP) is 15.6. The monoisotopic (exact) mass is 764 g/mol. The van der Waals surface area contributed by atoms with Crippen LogP contribution in [0, 0.1) is 0 Å². The predicted molar refractivity (Wildman–Crippen MR) is 253 cm³/mol. The van der Waals surface area contributed by atoms with Gasteiger partial charge < -0.3 is 13.9 Å². The number of hydrogen-bond donors (Lipinski definition) is 0. The molecule has 3 heteroatoms. The lowest BCUT2D eigenvalue weighted by Crippen LogP contribution is -2.11. The topological polar surface area (TPSA) is 21.3 Å². The highest BCUT2D eigenvalue weighted by Gasteiger charge is 2.19. The number of fused-ring (bicyclic) bond motifs is 8. The molecule has 3 heterocycles. The molecule has 1 aliphatic carbocycles. The van der Waals surface area contributed by atoms with Crippen molar-refractivity contribution in [3.05, 3.63) is 223 Å². The van der Waals surface area contributed by atoms with Crippen LogP contribution in [0.25, 0.3) is 101 Å².